The number of nitrogens with zero attached hydrogens (tertiary/aromatic N) is 3. The Balaban J connectivity index is 1.36. The molecule has 1 amide bonds. The summed E-state index contributed by atoms with van der Waals surface area (Å²) in [5.74, 6) is 0.770. The van der Waals surface area contributed by atoms with Crippen molar-refractivity contribution in [3.63, 3.8) is 0 Å². The van der Waals surface area contributed by atoms with Crippen LogP contribution in [0.15, 0.2) is 53.5 Å². The molecule has 0 aliphatic carbocycles. The number of nitrogens with one attached hydrogen (secondary N) is 4. The molecule has 1 saturated heterocycles. The maximum atomic E-state index is 12.9. The third-order valence-electron chi connectivity index (χ3n) is 6.42. The number of ether oxygens (including phenoxy) is 1. The molecule has 1 fully saturated rings. The highest BCUT2D eigenvalue weighted by Crippen LogP contribution is 2.25. The van der Waals surface area contributed by atoms with Gasteiger partial charge in [-0.05, 0) is 56.3 Å². The van der Waals surface area contributed by atoms with Crippen molar-refractivity contribution in [2.24, 2.45) is 10.9 Å². The van der Waals surface area contributed by atoms with Crippen molar-refractivity contribution in [1.82, 2.24) is 21.1 Å². The van der Waals surface area contributed by atoms with Gasteiger partial charge in [-0.15, -0.1) is 0 Å². The minimum absolute atomic E-state index is 0.106. The van der Waals surface area contributed by atoms with Crippen LogP contribution in [0.5, 0.6) is 5.75 Å². The molecule has 4 atom stereocenters. The van der Waals surface area contributed by atoms with Crippen LogP contribution in [0.3, 0.4) is 0 Å². The summed E-state index contributed by atoms with van der Waals surface area (Å²) in [5, 5.41) is 15.9. The number of hydrogen-bond acceptors (Lipinski definition) is 8. The first-order valence-corrected chi connectivity index (χ1v) is 11.5. The van der Waals surface area contributed by atoms with E-state index in [2.05, 4.69) is 44.5 Å². The molecule has 2 aliphatic rings. The Kier molecular flexibility index (Phi) is 7.75. The van der Waals surface area contributed by atoms with Gasteiger partial charge >= 0.3 is 0 Å². The minimum Gasteiger partial charge on any atom is -0.496 e. The highest BCUT2D eigenvalue weighted by Gasteiger charge is 2.35. The van der Waals surface area contributed by atoms with E-state index >= 15 is 0 Å². The second-order valence-corrected chi connectivity index (χ2v) is 8.53. The Morgan fingerprint density at radius 1 is 1.29 bits per heavy atom. The molecule has 34 heavy (non-hydrogen) atoms. The molecule has 2 aromatic rings. The van der Waals surface area contributed by atoms with Crippen molar-refractivity contribution in [2.45, 2.75) is 31.2 Å². The summed E-state index contributed by atoms with van der Waals surface area (Å²) >= 11 is 0. The van der Waals surface area contributed by atoms with E-state index in [1.54, 1.807) is 31.4 Å². The highest BCUT2D eigenvalue weighted by molar-refractivity contribution is 5.95. The number of para-hydroxylation sites is 1. The maximum absolute atomic E-state index is 12.9. The van der Waals surface area contributed by atoms with E-state index in [0.717, 1.165) is 25.1 Å². The molecule has 0 aromatic heterocycles. The summed E-state index contributed by atoms with van der Waals surface area (Å²) in [6.45, 7) is 1.55. The van der Waals surface area contributed by atoms with Gasteiger partial charge in [-0.3, -0.25) is 14.7 Å². The van der Waals surface area contributed by atoms with Crippen molar-refractivity contribution in [3.8, 4) is 11.8 Å². The molecule has 4 N–H and O–H groups in total. The predicted octanol–water partition coefficient (Wildman–Crippen LogP) is 2.27. The lowest BCUT2D eigenvalue weighted by molar-refractivity contribution is 0.0945. The molecular weight excluding hydrogens is 430 g/mol. The number of benzene rings is 2. The number of hydrogen-bond donors (Lipinski definition) is 4. The average Bonchev–Trinajstić information content (AvgIpc) is 3.26. The van der Waals surface area contributed by atoms with Gasteiger partial charge < -0.3 is 15.4 Å². The third kappa shape index (κ3) is 5.37. The number of rotatable bonds is 8. The van der Waals surface area contributed by atoms with Crippen LogP contribution >= 0.6 is 0 Å². The van der Waals surface area contributed by atoms with Crippen LogP contribution in [-0.2, 0) is 0 Å². The van der Waals surface area contributed by atoms with Crippen LogP contribution in [0.4, 0.5) is 5.69 Å². The molecule has 0 spiro atoms. The molecule has 178 valence electrons. The van der Waals surface area contributed by atoms with Crippen molar-refractivity contribution >= 4 is 17.8 Å². The predicted molar refractivity (Wildman–Crippen MR) is 131 cm³/mol. The van der Waals surface area contributed by atoms with E-state index in [-0.39, 0.29) is 18.2 Å². The molecule has 2 aromatic carbocycles. The van der Waals surface area contributed by atoms with E-state index in [1.165, 1.54) is 0 Å². The Morgan fingerprint density at radius 3 is 2.91 bits per heavy atom. The lowest BCUT2D eigenvalue weighted by Gasteiger charge is -2.30. The fourth-order valence-electron chi connectivity index (χ4n) is 4.45. The maximum Gasteiger partial charge on any atom is 0.252 e. The lowest BCUT2D eigenvalue weighted by Crippen LogP contribution is -2.44. The summed E-state index contributed by atoms with van der Waals surface area (Å²) in [6, 6.07) is 15.8. The number of methoxy groups -OCH3 is 1. The van der Waals surface area contributed by atoms with E-state index in [4.69, 9.17) is 4.74 Å². The van der Waals surface area contributed by atoms with Crippen LogP contribution in [-0.4, -0.2) is 56.6 Å². The van der Waals surface area contributed by atoms with Crippen LogP contribution < -0.4 is 26.2 Å². The first-order chi connectivity index (χ1) is 16.6. The number of carbonyl (C=O) groups excluding carboxylic acids is 1. The first kappa shape index (κ1) is 23.7. The van der Waals surface area contributed by atoms with Crippen LogP contribution in [0.1, 0.15) is 34.8 Å². The second kappa shape index (κ2) is 11.1. The monoisotopic (exact) mass is 461 g/mol. The van der Waals surface area contributed by atoms with Gasteiger partial charge in [-0.25, -0.2) is 10.9 Å². The zero-order valence-electron chi connectivity index (χ0n) is 19.5. The average molecular weight is 462 g/mol. The molecular formula is C25H31N7O2. The standard InChI is InChI=1S/C25H31N7O2/c1-32-23(30-31-24(32)17-10-12-27-13-11-17)16-28-19-7-5-6-18(14-19)25(33)29-21(15-26)20-8-3-4-9-22(20)34-2/h3-9,12,14,17,21,23-24,28,30-31H,10-11,13,16H2,1-2H3,(H,29,33)/t17?,21-,23?,24?/m0/s1. The molecule has 2 aliphatic heterocycles. The number of anilines is 1. The zero-order valence-corrected chi connectivity index (χ0v) is 19.5. The fraction of sp³-hybridized carbons (Fsp3) is 0.400. The second-order valence-electron chi connectivity index (χ2n) is 8.53. The van der Waals surface area contributed by atoms with Gasteiger partial charge in [0, 0.05) is 29.9 Å². The number of aliphatic imine (C=N–C) groups is 1. The van der Waals surface area contributed by atoms with Gasteiger partial charge in [0.05, 0.1) is 25.5 Å². The Bertz CT molecular complexity index is 1070. The van der Waals surface area contributed by atoms with Gasteiger partial charge in [-0.1, -0.05) is 24.3 Å². The largest absolute Gasteiger partial charge is 0.496 e. The number of hydrazine groups is 1. The number of amides is 1. The molecule has 9 nitrogen and oxygen atoms in total. The van der Waals surface area contributed by atoms with Gasteiger partial charge in [0.15, 0.2) is 0 Å². The summed E-state index contributed by atoms with van der Waals surface area (Å²) in [5.41, 5.74) is 8.71. The number of nitriles is 1. The molecule has 0 radical (unpaired) electrons. The Morgan fingerprint density at radius 2 is 2.15 bits per heavy atom. The van der Waals surface area contributed by atoms with E-state index in [1.807, 2.05) is 30.5 Å². The number of likely N-dealkylation sites (N-methyl/N-ethyl adjacent to an activating group) is 1. The zero-order chi connectivity index (χ0) is 23.9. The third-order valence-corrected chi connectivity index (χ3v) is 6.42. The Hall–Kier alpha value is -3.45. The molecule has 2 heterocycles. The molecule has 3 unspecified atom stereocenters. The van der Waals surface area contributed by atoms with Crippen LogP contribution in [0.25, 0.3) is 0 Å². The van der Waals surface area contributed by atoms with Crippen molar-refractivity contribution in [2.75, 3.05) is 32.6 Å². The van der Waals surface area contributed by atoms with Gasteiger partial charge in [0.1, 0.15) is 11.8 Å². The van der Waals surface area contributed by atoms with E-state index in [9.17, 15) is 10.1 Å². The van der Waals surface area contributed by atoms with Crippen molar-refractivity contribution in [1.29, 1.82) is 5.26 Å². The molecule has 4 rings (SSSR count). The summed E-state index contributed by atoms with van der Waals surface area (Å²) in [7, 11) is 3.65. The van der Waals surface area contributed by atoms with Gasteiger partial charge in [0.2, 0.25) is 0 Å². The topological polar surface area (TPSA) is 114 Å². The quantitative estimate of drug-likeness (QED) is 0.477. The van der Waals surface area contributed by atoms with Gasteiger partial charge in [0.25, 0.3) is 5.91 Å². The normalized spacial score (nSPS) is 23.1. The van der Waals surface area contributed by atoms with Crippen molar-refractivity contribution < 1.29 is 9.53 Å². The fourth-order valence-corrected chi connectivity index (χ4v) is 4.45. The van der Waals surface area contributed by atoms with Crippen molar-refractivity contribution in [3.05, 3.63) is 59.7 Å². The summed E-state index contributed by atoms with van der Waals surface area (Å²) < 4.78 is 5.34. The first-order valence-electron chi connectivity index (χ1n) is 11.5. The number of carbonyl (C=O) groups is 1. The SMILES string of the molecule is COc1ccccc1[C@H](C#N)NC(=O)c1cccc(NCC2NNC(C3CC=NCC3)N2C)c1. The van der Waals surface area contributed by atoms with Crippen LogP contribution in [0, 0.1) is 17.2 Å². The lowest BCUT2D eigenvalue weighted by atomic mass is 9.96. The highest BCUT2D eigenvalue weighted by atomic mass is 16.5. The molecule has 0 saturated carbocycles. The molecule has 9 heteroatoms. The van der Waals surface area contributed by atoms with Crippen LogP contribution in [0.2, 0.25) is 0 Å². The van der Waals surface area contributed by atoms with E-state index in [0.29, 0.717) is 29.3 Å². The minimum atomic E-state index is -0.815. The molecule has 0 bridgehead atoms. The summed E-state index contributed by atoms with van der Waals surface area (Å²) in [4.78, 5) is 19.5. The van der Waals surface area contributed by atoms with Gasteiger partial charge in [-0.2, -0.15) is 5.26 Å². The Labute approximate surface area is 200 Å². The van der Waals surface area contributed by atoms with E-state index < -0.39 is 6.04 Å². The summed E-state index contributed by atoms with van der Waals surface area (Å²) in [6.07, 6.45) is 4.45. The smallest absolute Gasteiger partial charge is 0.252 e.